The Hall–Kier alpha value is -1.71. The van der Waals surface area contributed by atoms with Gasteiger partial charge in [0, 0.05) is 24.5 Å². The molecular formula is C13H18N2O2. The summed E-state index contributed by atoms with van der Waals surface area (Å²) in [6.45, 7) is 4.06. The Morgan fingerprint density at radius 2 is 2.24 bits per heavy atom. The second kappa shape index (κ2) is 4.65. The zero-order chi connectivity index (χ0) is 12.4. The number of rotatable bonds is 5. The molecule has 17 heavy (non-hydrogen) atoms. The minimum Gasteiger partial charge on any atom is -0.478 e. The van der Waals surface area contributed by atoms with E-state index >= 15 is 0 Å². The van der Waals surface area contributed by atoms with E-state index in [-0.39, 0.29) is 5.56 Å². The summed E-state index contributed by atoms with van der Waals surface area (Å²) in [7, 11) is 0. The first-order valence-electron chi connectivity index (χ1n) is 5.99. The summed E-state index contributed by atoms with van der Waals surface area (Å²) < 4.78 is 0. The molecule has 3 N–H and O–H groups in total. The Morgan fingerprint density at radius 3 is 2.71 bits per heavy atom. The van der Waals surface area contributed by atoms with E-state index in [1.165, 1.54) is 12.8 Å². The van der Waals surface area contributed by atoms with Crippen LogP contribution in [0.2, 0.25) is 0 Å². The summed E-state index contributed by atoms with van der Waals surface area (Å²) in [4.78, 5) is 13.1. The molecule has 92 valence electrons. The molecule has 1 saturated carbocycles. The monoisotopic (exact) mass is 234 g/mol. The quantitative estimate of drug-likeness (QED) is 0.766. The van der Waals surface area contributed by atoms with Gasteiger partial charge in [0.05, 0.1) is 5.56 Å². The van der Waals surface area contributed by atoms with E-state index in [2.05, 4.69) is 11.8 Å². The summed E-state index contributed by atoms with van der Waals surface area (Å²) >= 11 is 0. The van der Waals surface area contributed by atoms with Crippen molar-refractivity contribution in [1.29, 1.82) is 0 Å². The molecule has 0 spiro atoms. The lowest BCUT2D eigenvalue weighted by atomic mass is 10.1. The van der Waals surface area contributed by atoms with Gasteiger partial charge in [-0.3, -0.25) is 0 Å². The predicted octanol–water partition coefficient (Wildman–Crippen LogP) is 2.20. The number of nitrogens with two attached hydrogens (primary N) is 1. The highest BCUT2D eigenvalue weighted by atomic mass is 16.4. The Morgan fingerprint density at radius 1 is 1.53 bits per heavy atom. The van der Waals surface area contributed by atoms with E-state index in [1.54, 1.807) is 12.1 Å². The van der Waals surface area contributed by atoms with E-state index in [1.807, 2.05) is 6.07 Å². The van der Waals surface area contributed by atoms with Gasteiger partial charge < -0.3 is 15.7 Å². The van der Waals surface area contributed by atoms with Crippen molar-refractivity contribution in [3.63, 3.8) is 0 Å². The van der Waals surface area contributed by atoms with Gasteiger partial charge in [-0.2, -0.15) is 0 Å². The number of nitrogens with zero attached hydrogens (tertiary/aromatic N) is 1. The molecule has 4 heteroatoms. The van der Waals surface area contributed by atoms with Crippen molar-refractivity contribution in [3.8, 4) is 0 Å². The van der Waals surface area contributed by atoms with Gasteiger partial charge in [-0.05, 0) is 43.9 Å². The molecule has 1 aliphatic carbocycles. The van der Waals surface area contributed by atoms with Crippen LogP contribution in [0.4, 0.5) is 11.4 Å². The molecule has 1 aromatic rings. The van der Waals surface area contributed by atoms with Crippen molar-refractivity contribution in [3.05, 3.63) is 23.8 Å². The van der Waals surface area contributed by atoms with Crippen molar-refractivity contribution in [2.75, 3.05) is 23.7 Å². The van der Waals surface area contributed by atoms with Gasteiger partial charge in [-0.25, -0.2) is 4.79 Å². The topological polar surface area (TPSA) is 66.6 Å². The highest BCUT2D eigenvalue weighted by Gasteiger charge is 2.24. The Bertz CT molecular complexity index is 427. The van der Waals surface area contributed by atoms with E-state index in [9.17, 15) is 4.79 Å². The fourth-order valence-electron chi connectivity index (χ4n) is 1.97. The number of hydrogen-bond acceptors (Lipinski definition) is 3. The zero-order valence-corrected chi connectivity index (χ0v) is 10.0. The fourth-order valence-corrected chi connectivity index (χ4v) is 1.97. The lowest BCUT2D eigenvalue weighted by Gasteiger charge is -2.23. The highest BCUT2D eigenvalue weighted by Crippen LogP contribution is 2.32. The number of hydrogen-bond donors (Lipinski definition) is 2. The third-order valence-electron chi connectivity index (χ3n) is 3.19. The maximum absolute atomic E-state index is 10.9. The smallest absolute Gasteiger partial charge is 0.337 e. The molecule has 0 aromatic heterocycles. The van der Waals surface area contributed by atoms with Crippen molar-refractivity contribution in [2.24, 2.45) is 5.92 Å². The second-order valence-corrected chi connectivity index (χ2v) is 4.56. The van der Waals surface area contributed by atoms with E-state index < -0.39 is 5.97 Å². The van der Waals surface area contributed by atoms with Crippen LogP contribution in [0.3, 0.4) is 0 Å². The first-order valence-corrected chi connectivity index (χ1v) is 5.99. The van der Waals surface area contributed by atoms with Crippen LogP contribution in [0.25, 0.3) is 0 Å². The second-order valence-electron chi connectivity index (χ2n) is 4.56. The number of carboxylic acid groups (broad SMARTS) is 1. The maximum Gasteiger partial charge on any atom is 0.337 e. The van der Waals surface area contributed by atoms with Crippen LogP contribution in [0.1, 0.15) is 30.1 Å². The van der Waals surface area contributed by atoms with Crippen molar-refractivity contribution in [1.82, 2.24) is 0 Å². The summed E-state index contributed by atoms with van der Waals surface area (Å²) in [6, 6.07) is 5.18. The third-order valence-corrected chi connectivity index (χ3v) is 3.19. The summed E-state index contributed by atoms with van der Waals surface area (Å²) in [5.74, 6) is -0.172. The molecule has 1 fully saturated rings. The van der Waals surface area contributed by atoms with Gasteiger partial charge in [-0.15, -0.1) is 0 Å². The van der Waals surface area contributed by atoms with Crippen LogP contribution in [0.15, 0.2) is 18.2 Å². The van der Waals surface area contributed by atoms with Gasteiger partial charge in [0.25, 0.3) is 0 Å². The Kier molecular flexibility index (Phi) is 3.22. The Balaban J connectivity index is 2.19. The van der Waals surface area contributed by atoms with Gasteiger partial charge >= 0.3 is 5.97 Å². The lowest BCUT2D eigenvalue weighted by molar-refractivity contribution is 0.0698. The molecule has 0 bridgehead atoms. The van der Waals surface area contributed by atoms with Crippen molar-refractivity contribution < 1.29 is 9.90 Å². The summed E-state index contributed by atoms with van der Waals surface area (Å²) in [5.41, 5.74) is 7.28. The molecular weight excluding hydrogens is 216 g/mol. The summed E-state index contributed by atoms with van der Waals surface area (Å²) in [6.07, 6.45) is 2.61. The summed E-state index contributed by atoms with van der Waals surface area (Å²) in [5, 5.41) is 8.91. The van der Waals surface area contributed by atoms with E-state index in [4.69, 9.17) is 10.8 Å². The lowest BCUT2D eigenvalue weighted by Crippen LogP contribution is -2.25. The predicted molar refractivity (Wildman–Crippen MR) is 68.4 cm³/mol. The number of anilines is 2. The normalized spacial score (nSPS) is 14.6. The number of aromatic carboxylic acids is 1. The largest absolute Gasteiger partial charge is 0.478 e. The molecule has 0 aliphatic heterocycles. The molecule has 1 aromatic carbocycles. The number of nitrogen functional groups attached to an aromatic ring is 1. The minimum atomic E-state index is -0.973. The van der Waals surface area contributed by atoms with Crippen LogP contribution in [-0.4, -0.2) is 24.2 Å². The number of benzene rings is 1. The zero-order valence-electron chi connectivity index (χ0n) is 10.0. The molecule has 0 unspecified atom stereocenters. The van der Waals surface area contributed by atoms with Crippen LogP contribution < -0.4 is 10.6 Å². The van der Waals surface area contributed by atoms with E-state index in [0.29, 0.717) is 5.69 Å². The van der Waals surface area contributed by atoms with Crippen molar-refractivity contribution in [2.45, 2.75) is 19.8 Å². The van der Waals surface area contributed by atoms with Crippen LogP contribution in [0, 0.1) is 5.92 Å². The van der Waals surface area contributed by atoms with E-state index in [0.717, 1.165) is 24.7 Å². The Labute approximate surface area is 101 Å². The standard InChI is InChI=1S/C13H18N2O2/c1-2-15(8-9-3-4-9)10-5-6-11(13(16)17)12(14)7-10/h5-7,9H,2-4,8,14H2,1H3,(H,16,17). The molecule has 2 rings (SSSR count). The highest BCUT2D eigenvalue weighted by molar-refractivity contribution is 5.94. The van der Waals surface area contributed by atoms with Crippen LogP contribution >= 0.6 is 0 Å². The minimum absolute atomic E-state index is 0.177. The van der Waals surface area contributed by atoms with Gasteiger partial charge in [-0.1, -0.05) is 0 Å². The van der Waals surface area contributed by atoms with Gasteiger partial charge in [0.1, 0.15) is 0 Å². The first-order chi connectivity index (χ1) is 8.11. The van der Waals surface area contributed by atoms with Gasteiger partial charge in [0.2, 0.25) is 0 Å². The average molecular weight is 234 g/mol. The third kappa shape index (κ3) is 2.70. The number of carbonyl (C=O) groups is 1. The molecule has 0 amide bonds. The van der Waals surface area contributed by atoms with Crippen molar-refractivity contribution >= 4 is 17.3 Å². The average Bonchev–Trinajstić information content (AvgIpc) is 3.09. The fraction of sp³-hybridized carbons (Fsp3) is 0.462. The maximum atomic E-state index is 10.9. The molecule has 4 nitrogen and oxygen atoms in total. The molecule has 0 heterocycles. The van der Waals surface area contributed by atoms with Crippen LogP contribution in [-0.2, 0) is 0 Å². The number of carboxylic acids is 1. The van der Waals surface area contributed by atoms with Crippen LogP contribution in [0.5, 0.6) is 0 Å². The van der Waals surface area contributed by atoms with Gasteiger partial charge in [0.15, 0.2) is 0 Å². The molecule has 0 saturated heterocycles. The molecule has 0 atom stereocenters. The molecule has 0 radical (unpaired) electrons. The SMILES string of the molecule is CCN(CC1CC1)c1ccc(C(=O)O)c(N)c1. The first kappa shape index (κ1) is 11.8. The molecule has 1 aliphatic rings.